The minimum atomic E-state index is -0.506. The van der Waals surface area contributed by atoms with Crippen molar-refractivity contribution in [2.24, 2.45) is 0 Å². The molecule has 0 spiro atoms. The summed E-state index contributed by atoms with van der Waals surface area (Å²) in [7, 11) is 0. The summed E-state index contributed by atoms with van der Waals surface area (Å²) in [5.74, 6) is 1.10. The van der Waals surface area contributed by atoms with Crippen molar-refractivity contribution in [2.45, 2.75) is 38.3 Å². The quantitative estimate of drug-likeness (QED) is 0.353. The Morgan fingerprint density at radius 2 is 2.15 bits per heavy atom. The van der Waals surface area contributed by atoms with E-state index in [1.165, 1.54) is 11.8 Å². The number of carbonyl (C=O) groups is 1. The SMILES string of the molecule is CSc1nc(-c2cccs2)nc(C)c1C(=O)OCc1nc(C(C)C)no1. The Labute approximate surface area is 159 Å². The number of hydrogen-bond acceptors (Lipinski definition) is 9. The average molecular weight is 390 g/mol. The van der Waals surface area contributed by atoms with Gasteiger partial charge in [0.25, 0.3) is 5.89 Å². The number of esters is 1. The third-order valence-electron chi connectivity index (χ3n) is 3.52. The number of aryl methyl sites for hydroxylation is 1. The van der Waals surface area contributed by atoms with Crippen LogP contribution < -0.4 is 0 Å². The van der Waals surface area contributed by atoms with Crippen LogP contribution in [-0.2, 0) is 11.3 Å². The molecule has 0 aromatic carbocycles. The Hall–Kier alpha value is -2.26. The molecule has 3 aromatic heterocycles. The van der Waals surface area contributed by atoms with Crippen molar-refractivity contribution in [1.29, 1.82) is 0 Å². The molecule has 0 aliphatic rings. The van der Waals surface area contributed by atoms with E-state index in [2.05, 4.69) is 20.1 Å². The van der Waals surface area contributed by atoms with Gasteiger partial charge in [-0.15, -0.1) is 23.1 Å². The Balaban J connectivity index is 1.79. The number of thiophene rings is 1. The fourth-order valence-electron chi connectivity index (χ4n) is 2.21. The molecule has 3 rings (SSSR count). The Bertz CT molecular complexity index is 907. The molecule has 0 aliphatic heterocycles. The molecular formula is C17H18N4O3S2. The maximum atomic E-state index is 12.6. The van der Waals surface area contributed by atoms with Gasteiger partial charge in [-0.2, -0.15) is 4.98 Å². The summed E-state index contributed by atoms with van der Waals surface area (Å²) in [5, 5.41) is 6.40. The van der Waals surface area contributed by atoms with E-state index in [1.807, 2.05) is 37.6 Å². The molecule has 136 valence electrons. The summed E-state index contributed by atoms with van der Waals surface area (Å²) in [6.07, 6.45) is 1.86. The molecule has 0 atom stereocenters. The second-order valence-electron chi connectivity index (χ2n) is 5.77. The summed E-state index contributed by atoms with van der Waals surface area (Å²) in [5.41, 5.74) is 0.938. The lowest BCUT2D eigenvalue weighted by Gasteiger charge is -2.10. The molecule has 0 unspecified atom stereocenters. The summed E-state index contributed by atoms with van der Waals surface area (Å²) in [6, 6.07) is 3.89. The van der Waals surface area contributed by atoms with Gasteiger partial charge < -0.3 is 9.26 Å². The second kappa shape index (κ2) is 7.96. The maximum absolute atomic E-state index is 12.6. The van der Waals surface area contributed by atoms with Crippen LogP contribution in [0.3, 0.4) is 0 Å². The van der Waals surface area contributed by atoms with E-state index in [1.54, 1.807) is 18.3 Å². The fraction of sp³-hybridized carbons (Fsp3) is 0.353. The van der Waals surface area contributed by atoms with Crippen molar-refractivity contribution in [1.82, 2.24) is 20.1 Å². The number of hydrogen-bond donors (Lipinski definition) is 0. The minimum absolute atomic E-state index is 0.0848. The van der Waals surface area contributed by atoms with Crippen LogP contribution in [0.5, 0.6) is 0 Å². The first kappa shape index (κ1) is 18.5. The van der Waals surface area contributed by atoms with Crippen molar-refractivity contribution in [3.63, 3.8) is 0 Å². The number of rotatable bonds is 6. The summed E-state index contributed by atoms with van der Waals surface area (Å²) < 4.78 is 10.4. The van der Waals surface area contributed by atoms with Crippen LogP contribution in [0.15, 0.2) is 27.1 Å². The van der Waals surface area contributed by atoms with Crippen LogP contribution in [-0.4, -0.2) is 32.3 Å². The number of nitrogens with zero attached hydrogens (tertiary/aromatic N) is 4. The predicted molar refractivity (Wildman–Crippen MR) is 99.4 cm³/mol. The van der Waals surface area contributed by atoms with E-state index in [-0.39, 0.29) is 18.4 Å². The standard InChI is InChI=1S/C17H18N4O3S2/c1-9(2)14-19-12(24-21-14)8-23-17(22)13-10(3)18-15(20-16(13)25-4)11-6-5-7-26-11/h5-7,9H,8H2,1-4H3. The monoisotopic (exact) mass is 390 g/mol. The zero-order valence-electron chi connectivity index (χ0n) is 14.8. The second-order valence-corrected chi connectivity index (χ2v) is 7.51. The van der Waals surface area contributed by atoms with Crippen LogP contribution in [0, 0.1) is 6.92 Å². The number of carbonyl (C=O) groups excluding carboxylic acids is 1. The summed E-state index contributed by atoms with van der Waals surface area (Å²) >= 11 is 2.93. The molecule has 0 aliphatic carbocycles. The molecule has 0 bridgehead atoms. The summed E-state index contributed by atoms with van der Waals surface area (Å²) in [6.45, 7) is 5.61. The van der Waals surface area contributed by atoms with Gasteiger partial charge >= 0.3 is 5.97 Å². The first-order valence-electron chi connectivity index (χ1n) is 7.95. The van der Waals surface area contributed by atoms with Crippen LogP contribution in [0.4, 0.5) is 0 Å². The lowest BCUT2D eigenvalue weighted by Crippen LogP contribution is -2.12. The lowest BCUT2D eigenvalue weighted by molar-refractivity contribution is 0.0423. The van der Waals surface area contributed by atoms with E-state index in [4.69, 9.17) is 9.26 Å². The van der Waals surface area contributed by atoms with E-state index in [0.29, 0.717) is 27.9 Å². The van der Waals surface area contributed by atoms with Crippen LogP contribution in [0.1, 0.15) is 47.5 Å². The zero-order chi connectivity index (χ0) is 18.7. The van der Waals surface area contributed by atoms with Crippen molar-refractivity contribution in [3.8, 4) is 10.7 Å². The van der Waals surface area contributed by atoms with Gasteiger partial charge in [0.1, 0.15) is 10.6 Å². The Morgan fingerprint density at radius 3 is 2.77 bits per heavy atom. The third kappa shape index (κ3) is 3.94. The van der Waals surface area contributed by atoms with Crippen molar-refractivity contribution >= 4 is 29.1 Å². The predicted octanol–water partition coefficient (Wildman–Crippen LogP) is 4.10. The van der Waals surface area contributed by atoms with Gasteiger partial charge in [0.15, 0.2) is 18.3 Å². The molecule has 0 amide bonds. The lowest BCUT2D eigenvalue weighted by atomic mass is 10.2. The molecular weight excluding hydrogens is 372 g/mol. The highest BCUT2D eigenvalue weighted by Gasteiger charge is 2.21. The van der Waals surface area contributed by atoms with Gasteiger partial charge in [-0.25, -0.2) is 14.8 Å². The normalized spacial score (nSPS) is 11.1. The van der Waals surface area contributed by atoms with Gasteiger partial charge in [-0.1, -0.05) is 25.1 Å². The van der Waals surface area contributed by atoms with E-state index >= 15 is 0 Å². The van der Waals surface area contributed by atoms with E-state index in [0.717, 1.165) is 4.88 Å². The molecule has 0 N–H and O–H groups in total. The highest BCUT2D eigenvalue weighted by molar-refractivity contribution is 7.98. The van der Waals surface area contributed by atoms with Crippen LogP contribution in [0.2, 0.25) is 0 Å². The number of ether oxygens (including phenoxy) is 1. The molecule has 3 heterocycles. The maximum Gasteiger partial charge on any atom is 0.343 e. The molecule has 0 saturated heterocycles. The average Bonchev–Trinajstić information content (AvgIpc) is 3.30. The highest BCUT2D eigenvalue weighted by Crippen LogP contribution is 2.27. The first-order valence-corrected chi connectivity index (χ1v) is 10.1. The molecule has 3 aromatic rings. The van der Waals surface area contributed by atoms with E-state index in [9.17, 15) is 4.79 Å². The van der Waals surface area contributed by atoms with Gasteiger partial charge in [0.05, 0.1) is 10.6 Å². The topological polar surface area (TPSA) is 91.0 Å². The molecule has 26 heavy (non-hydrogen) atoms. The van der Waals surface area contributed by atoms with Gasteiger partial charge in [-0.3, -0.25) is 0 Å². The highest BCUT2D eigenvalue weighted by atomic mass is 32.2. The molecule has 7 nitrogen and oxygen atoms in total. The Morgan fingerprint density at radius 1 is 1.35 bits per heavy atom. The van der Waals surface area contributed by atoms with Crippen molar-refractivity contribution in [2.75, 3.05) is 6.26 Å². The largest absolute Gasteiger partial charge is 0.452 e. The van der Waals surface area contributed by atoms with Gasteiger partial charge in [-0.05, 0) is 24.6 Å². The molecule has 0 fully saturated rings. The first-order chi connectivity index (χ1) is 12.5. The molecule has 9 heteroatoms. The van der Waals surface area contributed by atoms with Crippen LogP contribution in [0.25, 0.3) is 10.7 Å². The minimum Gasteiger partial charge on any atom is -0.452 e. The van der Waals surface area contributed by atoms with Gasteiger partial charge in [0, 0.05) is 5.92 Å². The fourth-order valence-corrected chi connectivity index (χ4v) is 3.48. The number of thioether (sulfide) groups is 1. The van der Waals surface area contributed by atoms with Crippen molar-refractivity contribution in [3.05, 3.63) is 40.5 Å². The number of aromatic nitrogens is 4. The molecule has 0 saturated carbocycles. The third-order valence-corrected chi connectivity index (χ3v) is 5.07. The zero-order valence-corrected chi connectivity index (χ0v) is 16.5. The molecule has 0 radical (unpaired) electrons. The van der Waals surface area contributed by atoms with Crippen molar-refractivity contribution < 1.29 is 14.1 Å². The van der Waals surface area contributed by atoms with E-state index < -0.39 is 5.97 Å². The van der Waals surface area contributed by atoms with Gasteiger partial charge in [0.2, 0.25) is 0 Å². The Kier molecular flexibility index (Phi) is 5.67. The summed E-state index contributed by atoms with van der Waals surface area (Å²) in [4.78, 5) is 26.7. The smallest absolute Gasteiger partial charge is 0.343 e. The van der Waals surface area contributed by atoms with Crippen LogP contribution >= 0.6 is 23.1 Å².